The number of morpholine rings is 1. The molecule has 0 radical (unpaired) electrons. The van der Waals surface area contributed by atoms with Gasteiger partial charge < -0.3 is 9.64 Å². The third kappa shape index (κ3) is 2.54. The number of nitrogens with zero attached hydrogens (tertiary/aromatic N) is 2. The van der Waals surface area contributed by atoms with E-state index in [1.165, 1.54) is 12.8 Å². The number of fused-ring (bicyclic) bond motifs is 1. The number of hydrogen-bond acceptors (Lipinski definition) is 3. The van der Waals surface area contributed by atoms with Gasteiger partial charge in [0.05, 0.1) is 18.8 Å². The molecule has 1 aromatic rings. The Morgan fingerprint density at radius 1 is 1.42 bits per heavy atom. The Hall–Kier alpha value is -0.940. The highest BCUT2D eigenvalue weighted by molar-refractivity contribution is 9.10. The van der Waals surface area contributed by atoms with Crippen molar-refractivity contribution >= 4 is 21.8 Å². The van der Waals surface area contributed by atoms with Gasteiger partial charge in [-0.1, -0.05) is 12.8 Å². The molecule has 102 valence electrons. The van der Waals surface area contributed by atoms with Gasteiger partial charge >= 0.3 is 0 Å². The molecule has 1 amide bonds. The number of aromatic nitrogens is 1. The lowest BCUT2D eigenvalue weighted by Crippen LogP contribution is -2.55. The minimum Gasteiger partial charge on any atom is -0.374 e. The van der Waals surface area contributed by atoms with Crippen molar-refractivity contribution in [3.63, 3.8) is 0 Å². The average molecular weight is 325 g/mol. The topological polar surface area (TPSA) is 42.4 Å². The highest BCUT2D eigenvalue weighted by Crippen LogP contribution is 2.30. The minimum absolute atomic E-state index is 0.0210. The van der Waals surface area contributed by atoms with E-state index < -0.39 is 0 Å². The Balaban J connectivity index is 1.84. The monoisotopic (exact) mass is 324 g/mol. The van der Waals surface area contributed by atoms with E-state index in [-0.39, 0.29) is 18.1 Å². The molecule has 0 unspecified atom stereocenters. The molecule has 4 nitrogen and oxygen atoms in total. The average Bonchev–Trinajstić information content (AvgIpc) is 2.46. The van der Waals surface area contributed by atoms with Gasteiger partial charge in [0.2, 0.25) is 0 Å². The lowest BCUT2D eigenvalue weighted by atomic mass is 9.90. The minimum atomic E-state index is 0.0210. The van der Waals surface area contributed by atoms with Crippen LogP contribution in [-0.4, -0.2) is 41.1 Å². The van der Waals surface area contributed by atoms with E-state index in [9.17, 15) is 4.79 Å². The number of pyridine rings is 1. The van der Waals surface area contributed by atoms with Crippen LogP contribution >= 0.6 is 15.9 Å². The second kappa shape index (κ2) is 5.59. The van der Waals surface area contributed by atoms with Gasteiger partial charge in [-0.15, -0.1) is 0 Å². The summed E-state index contributed by atoms with van der Waals surface area (Å²) in [6.07, 6.45) is 6.37. The predicted molar refractivity (Wildman–Crippen MR) is 75.0 cm³/mol. The van der Waals surface area contributed by atoms with Crippen LogP contribution in [0.1, 0.15) is 36.2 Å². The summed E-state index contributed by atoms with van der Waals surface area (Å²) in [5.74, 6) is 0.0210. The molecule has 2 heterocycles. The fourth-order valence-corrected chi connectivity index (χ4v) is 3.45. The van der Waals surface area contributed by atoms with Crippen molar-refractivity contribution in [2.24, 2.45) is 0 Å². The maximum absolute atomic E-state index is 12.7. The molecule has 0 bridgehead atoms. The molecular weight excluding hydrogens is 308 g/mol. The molecule has 0 spiro atoms. The predicted octanol–water partition coefficient (Wildman–Crippen LogP) is 2.63. The smallest absolute Gasteiger partial charge is 0.274 e. The van der Waals surface area contributed by atoms with Gasteiger partial charge in [-0.25, -0.2) is 4.98 Å². The van der Waals surface area contributed by atoms with Gasteiger partial charge in [0.15, 0.2) is 0 Å². The van der Waals surface area contributed by atoms with Crippen LogP contribution in [-0.2, 0) is 4.74 Å². The largest absolute Gasteiger partial charge is 0.374 e. The van der Waals surface area contributed by atoms with Crippen molar-refractivity contribution in [2.75, 3.05) is 13.2 Å². The van der Waals surface area contributed by atoms with E-state index in [0.29, 0.717) is 18.8 Å². The number of carbonyl (C=O) groups excluding carboxylic acids is 1. The van der Waals surface area contributed by atoms with Crippen molar-refractivity contribution < 1.29 is 9.53 Å². The number of halogens is 1. The second-order valence-electron chi connectivity index (χ2n) is 5.09. The first-order valence-electron chi connectivity index (χ1n) is 6.80. The summed E-state index contributed by atoms with van der Waals surface area (Å²) in [5, 5.41) is 0. The van der Waals surface area contributed by atoms with Crippen LogP contribution in [0, 0.1) is 0 Å². The zero-order chi connectivity index (χ0) is 13.2. The Morgan fingerprint density at radius 2 is 2.26 bits per heavy atom. The van der Waals surface area contributed by atoms with Gasteiger partial charge in [-0.2, -0.15) is 0 Å². The zero-order valence-corrected chi connectivity index (χ0v) is 12.3. The number of rotatable bonds is 1. The van der Waals surface area contributed by atoms with Gasteiger partial charge in [0, 0.05) is 17.2 Å². The molecule has 1 aliphatic heterocycles. The maximum Gasteiger partial charge on any atom is 0.274 e. The lowest BCUT2D eigenvalue weighted by molar-refractivity contribution is -0.0754. The molecular formula is C14H17BrN2O2. The number of amides is 1. The van der Waals surface area contributed by atoms with Gasteiger partial charge in [0.25, 0.3) is 5.91 Å². The van der Waals surface area contributed by atoms with E-state index in [4.69, 9.17) is 4.74 Å². The van der Waals surface area contributed by atoms with Crippen LogP contribution in [0.4, 0.5) is 0 Å². The summed E-state index contributed by atoms with van der Waals surface area (Å²) in [6.45, 7) is 1.31. The SMILES string of the molecule is O=C(c1ncccc1Br)N1CCO[C@H]2CCCC[C@H]21. The molecule has 0 aromatic carbocycles. The molecule has 0 N–H and O–H groups in total. The van der Waals surface area contributed by atoms with Gasteiger partial charge in [-0.3, -0.25) is 4.79 Å². The number of carbonyl (C=O) groups is 1. The molecule has 3 rings (SSSR count). The summed E-state index contributed by atoms with van der Waals surface area (Å²) >= 11 is 3.41. The Kier molecular flexibility index (Phi) is 3.84. The summed E-state index contributed by atoms with van der Waals surface area (Å²) < 4.78 is 6.57. The fraction of sp³-hybridized carbons (Fsp3) is 0.571. The zero-order valence-electron chi connectivity index (χ0n) is 10.7. The molecule has 1 saturated carbocycles. The molecule has 1 saturated heterocycles. The normalized spacial score (nSPS) is 26.9. The van der Waals surface area contributed by atoms with Gasteiger partial charge in [0.1, 0.15) is 5.69 Å². The molecule has 1 aromatic heterocycles. The summed E-state index contributed by atoms with van der Waals surface area (Å²) in [4.78, 5) is 18.8. The summed E-state index contributed by atoms with van der Waals surface area (Å²) in [6, 6.07) is 3.91. The first-order chi connectivity index (χ1) is 9.27. The molecule has 2 fully saturated rings. The van der Waals surface area contributed by atoms with Gasteiger partial charge in [-0.05, 0) is 40.9 Å². The Morgan fingerprint density at radius 3 is 3.11 bits per heavy atom. The second-order valence-corrected chi connectivity index (χ2v) is 5.95. The van der Waals surface area contributed by atoms with Crippen molar-refractivity contribution in [3.05, 3.63) is 28.5 Å². The van der Waals surface area contributed by atoms with Crippen molar-refractivity contribution in [1.82, 2.24) is 9.88 Å². The molecule has 19 heavy (non-hydrogen) atoms. The highest BCUT2D eigenvalue weighted by Gasteiger charge is 2.37. The van der Waals surface area contributed by atoms with Crippen molar-refractivity contribution in [2.45, 2.75) is 37.8 Å². The molecule has 2 atom stereocenters. The lowest BCUT2D eigenvalue weighted by Gasteiger charge is -2.43. The Labute approximate surface area is 121 Å². The van der Waals surface area contributed by atoms with E-state index in [1.54, 1.807) is 6.20 Å². The van der Waals surface area contributed by atoms with E-state index >= 15 is 0 Å². The first-order valence-corrected chi connectivity index (χ1v) is 7.60. The van der Waals surface area contributed by atoms with Crippen LogP contribution < -0.4 is 0 Å². The third-order valence-corrected chi connectivity index (χ3v) is 4.59. The standard InChI is InChI=1S/C14H17BrN2O2/c15-10-4-3-7-16-13(10)14(18)17-8-9-19-12-6-2-1-5-11(12)17/h3-4,7,11-12H,1-2,5-6,8-9H2/t11-,12+/m1/s1. The molecule has 1 aliphatic carbocycles. The van der Waals surface area contributed by atoms with Crippen LogP contribution in [0.2, 0.25) is 0 Å². The van der Waals surface area contributed by atoms with Crippen molar-refractivity contribution in [3.8, 4) is 0 Å². The first kappa shape index (κ1) is 13.1. The quantitative estimate of drug-likeness (QED) is 0.797. The number of hydrogen-bond donors (Lipinski definition) is 0. The van der Waals surface area contributed by atoms with Crippen LogP contribution in [0.25, 0.3) is 0 Å². The Bertz CT molecular complexity index is 478. The van der Waals surface area contributed by atoms with E-state index in [1.807, 2.05) is 17.0 Å². The van der Waals surface area contributed by atoms with Crippen LogP contribution in [0.5, 0.6) is 0 Å². The number of ether oxygens (including phenoxy) is 1. The van der Waals surface area contributed by atoms with Crippen LogP contribution in [0.3, 0.4) is 0 Å². The fourth-order valence-electron chi connectivity index (χ4n) is 3.03. The summed E-state index contributed by atoms with van der Waals surface area (Å²) in [5.41, 5.74) is 0.508. The molecule has 5 heteroatoms. The van der Waals surface area contributed by atoms with E-state index in [2.05, 4.69) is 20.9 Å². The summed E-state index contributed by atoms with van der Waals surface area (Å²) in [7, 11) is 0. The molecule has 2 aliphatic rings. The van der Waals surface area contributed by atoms with Crippen LogP contribution in [0.15, 0.2) is 22.8 Å². The maximum atomic E-state index is 12.7. The van der Waals surface area contributed by atoms with Crippen molar-refractivity contribution in [1.29, 1.82) is 0 Å². The third-order valence-electron chi connectivity index (χ3n) is 3.95. The van der Waals surface area contributed by atoms with E-state index in [0.717, 1.165) is 17.3 Å². The highest BCUT2D eigenvalue weighted by atomic mass is 79.9.